The minimum Gasteiger partial charge on any atom is -0.480 e. The first-order valence-electron chi connectivity index (χ1n) is 19.2. The van der Waals surface area contributed by atoms with Gasteiger partial charge in [-0.15, -0.1) is 0 Å². The smallest absolute Gasteiger partial charge is 0.326 e. The quantitative estimate of drug-likeness (QED) is 0.0476. The van der Waals surface area contributed by atoms with E-state index in [0.29, 0.717) is 64.6 Å². The molecule has 4 amide bonds. The van der Waals surface area contributed by atoms with Crippen LogP contribution in [0.15, 0.2) is 72.9 Å². The van der Waals surface area contributed by atoms with E-state index in [1.165, 1.54) is 0 Å². The Labute approximate surface area is 321 Å². The Hall–Kier alpha value is -5.31. The number of nitrogens with one attached hydrogen (secondary N) is 5. The van der Waals surface area contributed by atoms with Crippen LogP contribution in [0.5, 0.6) is 0 Å². The second kappa shape index (κ2) is 22.2. The molecule has 1 heterocycles. The predicted octanol–water partition coefficient (Wildman–Crippen LogP) is 2.52. The molecule has 0 spiro atoms. The number of para-hydroxylation sites is 1. The molecular weight excluding hydrogens is 701 g/mol. The zero-order chi connectivity index (χ0) is 39.6. The Balaban J connectivity index is 1.53. The van der Waals surface area contributed by atoms with E-state index in [9.17, 15) is 29.1 Å². The fraction of sp³-hybridized carbons (Fsp3) is 0.439. The van der Waals surface area contributed by atoms with Gasteiger partial charge in [0.05, 0.1) is 6.42 Å². The number of carboxylic acids is 1. The second-order valence-electron chi connectivity index (χ2n) is 13.9. The summed E-state index contributed by atoms with van der Waals surface area (Å²) < 4.78 is 0. The number of carbonyl (C=O) groups is 5. The molecule has 14 heteroatoms. The SMILES string of the molecule is NCCCC[C@H](NC(=O)[C@H](Cc1c[nH]c2ccccc12)NC(=O)[C@H](CCCCN)NC(=O)[C@H](CCCCN)NC(=O)Cc1ccc2ccccc2c1)C(=O)O. The minimum absolute atomic E-state index is 0.0483. The van der Waals surface area contributed by atoms with Gasteiger partial charge in [0.25, 0.3) is 0 Å². The van der Waals surface area contributed by atoms with Crippen LogP contribution < -0.4 is 38.5 Å². The molecule has 0 saturated carbocycles. The van der Waals surface area contributed by atoms with Gasteiger partial charge < -0.3 is 48.6 Å². The lowest BCUT2D eigenvalue weighted by atomic mass is 10.0. The van der Waals surface area contributed by atoms with Gasteiger partial charge in [0.1, 0.15) is 24.2 Å². The van der Waals surface area contributed by atoms with Gasteiger partial charge in [-0.3, -0.25) is 19.2 Å². The van der Waals surface area contributed by atoms with Crippen LogP contribution in [-0.4, -0.2) is 83.5 Å². The number of carbonyl (C=O) groups excluding carboxylic acids is 4. The lowest BCUT2D eigenvalue weighted by molar-refractivity contribution is -0.142. The normalized spacial score (nSPS) is 13.4. The van der Waals surface area contributed by atoms with E-state index in [2.05, 4.69) is 26.3 Å². The molecule has 0 fully saturated rings. The van der Waals surface area contributed by atoms with E-state index in [4.69, 9.17) is 17.2 Å². The molecule has 1 aromatic heterocycles. The summed E-state index contributed by atoms with van der Waals surface area (Å²) in [5.41, 5.74) is 19.5. The van der Waals surface area contributed by atoms with Crippen LogP contribution in [0.4, 0.5) is 0 Å². The monoisotopic (exact) mass is 756 g/mol. The third-order valence-corrected chi connectivity index (χ3v) is 9.65. The molecule has 4 atom stereocenters. The van der Waals surface area contributed by atoms with Crippen LogP contribution in [-0.2, 0) is 36.8 Å². The largest absolute Gasteiger partial charge is 0.480 e. The molecule has 4 aromatic rings. The Morgan fingerprint density at radius 2 is 1.13 bits per heavy atom. The third kappa shape index (κ3) is 13.2. The highest BCUT2D eigenvalue weighted by Crippen LogP contribution is 2.20. The van der Waals surface area contributed by atoms with Gasteiger partial charge in [0, 0.05) is 23.5 Å². The van der Waals surface area contributed by atoms with E-state index in [-0.39, 0.29) is 31.6 Å². The topological polar surface area (TPSA) is 248 Å². The van der Waals surface area contributed by atoms with Crippen LogP contribution in [0.2, 0.25) is 0 Å². The van der Waals surface area contributed by atoms with Crippen molar-refractivity contribution >= 4 is 51.3 Å². The van der Waals surface area contributed by atoms with E-state index in [0.717, 1.165) is 32.8 Å². The molecule has 0 unspecified atom stereocenters. The number of benzene rings is 3. The molecule has 0 aliphatic carbocycles. The third-order valence-electron chi connectivity index (χ3n) is 9.65. The molecule has 296 valence electrons. The molecule has 12 N–H and O–H groups in total. The van der Waals surface area contributed by atoms with Crippen LogP contribution in [0.3, 0.4) is 0 Å². The van der Waals surface area contributed by atoms with Gasteiger partial charge in [-0.1, -0.05) is 60.7 Å². The van der Waals surface area contributed by atoms with Gasteiger partial charge in [-0.2, -0.15) is 0 Å². The van der Waals surface area contributed by atoms with Crippen LogP contribution in [0.25, 0.3) is 21.7 Å². The van der Waals surface area contributed by atoms with Crippen molar-refractivity contribution in [3.8, 4) is 0 Å². The maximum atomic E-state index is 14.1. The summed E-state index contributed by atoms with van der Waals surface area (Å²) in [4.78, 5) is 70.4. The lowest BCUT2D eigenvalue weighted by Crippen LogP contribution is -2.58. The maximum Gasteiger partial charge on any atom is 0.326 e. The lowest BCUT2D eigenvalue weighted by Gasteiger charge is -2.26. The average Bonchev–Trinajstić information content (AvgIpc) is 3.58. The van der Waals surface area contributed by atoms with Gasteiger partial charge in [0.2, 0.25) is 23.6 Å². The molecule has 0 aliphatic rings. The number of nitrogens with two attached hydrogens (primary N) is 3. The number of carboxylic acid groups (broad SMARTS) is 1. The summed E-state index contributed by atoms with van der Waals surface area (Å²) >= 11 is 0. The van der Waals surface area contributed by atoms with E-state index in [1.807, 2.05) is 66.7 Å². The molecule has 0 bridgehead atoms. The van der Waals surface area contributed by atoms with Crippen molar-refractivity contribution in [1.29, 1.82) is 0 Å². The first kappa shape index (κ1) is 42.4. The van der Waals surface area contributed by atoms with Crippen molar-refractivity contribution in [3.05, 3.63) is 84.1 Å². The van der Waals surface area contributed by atoms with Crippen LogP contribution >= 0.6 is 0 Å². The van der Waals surface area contributed by atoms with E-state index >= 15 is 0 Å². The average molecular weight is 757 g/mol. The zero-order valence-corrected chi connectivity index (χ0v) is 31.4. The summed E-state index contributed by atoms with van der Waals surface area (Å²) in [7, 11) is 0. The maximum absolute atomic E-state index is 14.1. The fourth-order valence-corrected chi connectivity index (χ4v) is 6.60. The molecule has 55 heavy (non-hydrogen) atoms. The summed E-state index contributed by atoms with van der Waals surface area (Å²) in [5, 5.41) is 23.9. The molecule has 0 aliphatic heterocycles. The van der Waals surface area contributed by atoms with Crippen molar-refractivity contribution in [3.63, 3.8) is 0 Å². The molecular formula is C41H56N8O6. The number of fused-ring (bicyclic) bond motifs is 2. The molecule has 0 radical (unpaired) electrons. The van der Waals surface area contributed by atoms with E-state index < -0.39 is 47.9 Å². The van der Waals surface area contributed by atoms with Gasteiger partial charge in [-0.05, 0) is 105 Å². The summed E-state index contributed by atoms with van der Waals surface area (Å²) in [6.45, 7) is 1.18. The highest BCUT2D eigenvalue weighted by molar-refractivity contribution is 5.96. The number of aliphatic carboxylic acids is 1. The van der Waals surface area contributed by atoms with Crippen molar-refractivity contribution in [1.82, 2.24) is 26.3 Å². The minimum atomic E-state index is -1.20. The number of aromatic nitrogens is 1. The summed E-state index contributed by atoms with van der Waals surface area (Å²) in [6, 6.07) is 16.7. The zero-order valence-electron chi connectivity index (χ0n) is 31.4. The van der Waals surface area contributed by atoms with Gasteiger partial charge in [0.15, 0.2) is 0 Å². The van der Waals surface area contributed by atoms with Crippen molar-refractivity contribution in [2.75, 3.05) is 19.6 Å². The highest BCUT2D eigenvalue weighted by Gasteiger charge is 2.32. The van der Waals surface area contributed by atoms with Crippen molar-refractivity contribution in [2.45, 2.75) is 94.8 Å². The second-order valence-corrected chi connectivity index (χ2v) is 13.9. The number of amides is 4. The number of hydrogen-bond donors (Lipinski definition) is 9. The molecule has 14 nitrogen and oxygen atoms in total. The number of H-pyrrole nitrogens is 1. The van der Waals surface area contributed by atoms with Crippen LogP contribution in [0, 0.1) is 0 Å². The predicted molar refractivity (Wildman–Crippen MR) is 214 cm³/mol. The van der Waals surface area contributed by atoms with Gasteiger partial charge >= 0.3 is 5.97 Å². The Morgan fingerprint density at radius 1 is 0.600 bits per heavy atom. The van der Waals surface area contributed by atoms with Crippen molar-refractivity contribution < 1.29 is 29.1 Å². The number of rotatable bonds is 24. The number of aromatic amines is 1. The summed E-state index contributed by atoms with van der Waals surface area (Å²) in [5.74, 6) is -3.38. The fourth-order valence-electron chi connectivity index (χ4n) is 6.60. The molecule has 0 saturated heterocycles. The first-order valence-corrected chi connectivity index (χ1v) is 19.2. The van der Waals surface area contributed by atoms with Crippen LogP contribution in [0.1, 0.15) is 68.9 Å². The Kier molecular flexibility index (Phi) is 17.1. The standard InChI is InChI=1S/C41H56N8O6/c42-20-8-5-15-33(46-37(50)24-27-18-19-28-11-1-2-12-29(28)23-27)38(51)47-34(16-6-9-21-43)39(52)49-36(25-30-26-45-32-14-4-3-13-31(30)32)40(53)48-35(41(54)55)17-7-10-22-44/h1-4,11-14,18-19,23,26,33-36,45H,5-10,15-17,20-22,24-25,42-44H2,(H,46,50)(H,47,51)(H,48,53)(H,49,52)(H,54,55)/t33-,34-,35-,36-/m0/s1. The highest BCUT2D eigenvalue weighted by atomic mass is 16.4. The summed E-state index contributed by atoms with van der Waals surface area (Å²) in [6.07, 6.45) is 5.92. The van der Waals surface area contributed by atoms with Crippen molar-refractivity contribution in [2.24, 2.45) is 17.2 Å². The van der Waals surface area contributed by atoms with Gasteiger partial charge in [-0.25, -0.2) is 4.79 Å². The first-order chi connectivity index (χ1) is 26.6. The number of hydrogen-bond acceptors (Lipinski definition) is 8. The molecule has 4 rings (SSSR count). The number of unbranched alkanes of at least 4 members (excludes halogenated alkanes) is 3. The Morgan fingerprint density at radius 3 is 1.76 bits per heavy atom. The van der Waals surface area contributed by atoms with E-state index in [1.54, 1.807) is 6.20 Å². The Bertz CT molecular complexity index is 1880. The molecule has 3 aromatic carbocycles.